The van der Waals surface area contributed by atoms with Crippen LogP contribution in [0.3, 0.4) is 0 Å². The van der Waals surface area contributed by atoms with Gasteiger partial charge in [0.15, 0.2) is 0 Å². The zero-order valence-electron chi connectivity index (χ0n) is 16.4. The molecule has 1 saturated heterocycles. The van der Waals surface area contributed by atoms with Crippen LogP contribution in [-0.4, -0.2) is 30.5 Å². The molecule has 1 unspecified atom stereocenters. The fourth-order valence-electron chi connectivity index (χ4n) is 3.66. The SMILES string of the molecule is Cc1cccc(N(C)C(=O)C2CCCN2c2nc(C)cc(C(F)(F)F)c2C#N)c1. The lowest BCUT2D eigenvalue weighted by atomic mass is 10.1. The molecule has 2 aromatic rings. The molecule has 2 heterocycles. The zero-order valence-corrected chi connectivity index (χ0v) is 16.4. The number of aryl methyl sites for hydroxylation is 2. The van der Waals surface area contributed by atoms with Crippen molar-refractivity contribution in [2.75, 3.05) is 23.4 Å². The molecule has 0 bridgehead atoms. The van der Waals surface area contributed by atoms with Gasteiger partial charge in [-0.1, -0.05) is 12.1 Å². The number of nitriles is 1. The third-order valence-corrected chi connectivity index (χ3v) is 5.08. The van der Waals surface area contributed by atoms with Crippen molar-refractivity contribution in [2.24, 2.45) is 0 Å². The van der Waals surface area contributed by atoms with E-state index in [4.69, 9.17) is 0 Å². The van der Waals surface area contributed by atoms with Gasteiger partial charge in [0.2, 0.25) is 5.91 Å². The topological polar surface area (TPSA) is 60.2 Å². The van der Waals surface area contributed by atoms with Crippen LogP contribution in [0.1, 0.15) is 35.2 Å². The number of pyridine rings is 1. The smallest absolute Gasteiger partial charge is 0.343 e. The first kappa shape index (κ1) is 20.6. The molecule has 5 nitrogen and oxygen atoms in total. The van der Waals surface area contributed by atoms with E-state index < -0.39 is 23.3 Å². The fraction of sp³-hybridized carbons (Fsp3) is 0.381. The van der Waals surface area contributed by atoms with Crippen LogP contribution in [0.25, 0.3) is 0 Å². The highest BCUT2D eigenvalue weighted by Crippen LogP contribution is 2.38. The van der Waals surface area contributed by atoms with E-state index in [9.17, 15) is 23.2 Å². The molecule has 1 aliphatic rings. The van der Waals surface area contributed by atoms with Crippen molar-refractivity contribution in [3.8, 4) is 6.07 Å². The molecule has 0 N–H and O–H groups in total. The lowest BCUT2D eigenvalue weighted by Crippen LogP contribution is -2.45. The number of rotatable bonds is 3. The van der Waals surface area contributed by atoms with Crippen molar-refractivity contribution in [2.45, 2.75) is 38.9 Å². The van der Waals surface area contributed by atoms with Gasteiger partial charge in [-0.3, -0.25) is 4.79 Å². The Balaban J connectivity index is 2.00. The Kier molecular flexibility index (Phi) is 5.51. The summed E-state index contributed by atoms with van der Waals surface area (Å²) in [5.74, 6) is -0.317. The maximum atomic E-state index is 13.5. The summed E-state index contributed by atoms with van der Waals surface area (Å²) in [6.07, 6.45) is -3.57. The molecule has 8 heteroatoms. The molecule has 1 aliphatic heterocycles. The van der Waals surface area contributed by atoms with Gasteiger partial charge < -0.3 is 9.80 Å². The van der Waals surface area contributed by atoms with E-state index in [0.717, 1.165) is 11.6 Å². The van der Waals surface area contributed by atoms with Gasteiger partial charge in [0.25, 0.3) is 0 Å². The monoisotopic (exact) mass is 402 g/mol. The van der Waals surface area contributed by atoms with Crippen LogP contribution in [0.15, 0.2) is 30.3 Å². The molecular weight excluding hydrogens is 381 g/mol. The Morgan fingerprint density at radius 2 is 2.03 bits per heavy atom. The lowest BCUT2D eigenvalue weighted by Gasteiger charge is -2.30. The number of alkyl halides is 3. The van der Waals surface area contributed by atoms with Crippen LogP contribution in [0.4, 0.5) is 24.7 Å². The first-order valence-electron chi connectivity index (χ1n) is 9.23. The highest BCUT2D eigenvalue weighted by Gasteiger charge is 2.40. The Morgan fingerprint density at radius 1 is 1.31 bits per heavy atom. The number of nitrogens with zero attached hydrogens (tertiary/aromatic N) is 4. The van der Waals surface area contributed by atoms with E-state index in [2.05, 4.69) is 4.98 Å². The van der Waals surface area contributed by atoms with Crippen molar-refractivity contribution in [3.05, 3.63) is 52.7 Å². The fourth-order valence-corrected chi connectivity index (χ4v) is 3.66. The number of aromatic nitrogens is 1. The zero-order chi connectivity index (χ0) is 21.3. The number of hydrogen-bond donors (Lipinski definition) is 0. The Bertz CT molecular complexity index is 981. The van der Waals surface area contributed by atoms with Crippen LogP contribution in [-0.2, 0) is 11.0 Å². The Labute approximate surface area is 167 Å². The highest BCUT2D eigenvalue weighted by molar-refractivity contribution is 5.99. The maximum Gasteiger partial charge on any atom is 0.417 e. The first-order chi connectivity index (χ1) is 13.6. The number of carbonyl (C=O) groups excluding carboxylic acids is 1. The van der Waals surface area contributed by atoms with Gasteiger partial charge in [-0.15, -0.1) is 0 Å². The maximum absolute atomic E-state index is 13.5. The van der Waals surface area contributed by atoms with Gasteiger partial charge >= 0.3 is 6.18 Å². The second-order valence-corrected chi connectivity index (χ2v) is 7.21. The standard InChI is InChI=1S/C21H21F3N4O/c1-13-6-4-7-15(10-13)27(3)20(29)18-8-5-9-28(18)19-16(12-25)17(21(22,23)24)11-14(2)26-19/h4,6-7,10-11,18H,5,8-9H2,1-3H3. The summed E-state index contributed by atoms with van der Waals surface area (Å²) in [5.41, 5.74) is 0.285. The summed E-state index contributed by atoms with van der Waals surface area (Å²) in [4.78, 5) is 20.4. The number of likely N-dealkylation sites (N-methyl/N-ethyl adjacent to an activating group) is 1. The minimum Gasteiger partial charge on any atom is -0.343 e. The Morgan fingerprint density at radius 3 is 2.66 bits per heavy atom. The van der Waals surface area contributed by atoms with E-state index in [1.165, 1.54) is 16.7 Å². The summed E-state index contributed by atoms with van der Waals surface area (Å²) in [6.45, 7) is 3.73. The van der Waals surface area contributed by atoms with Gasteiger partial charge in [0.1, 0.15) is 23.5 Å². The van der Waals surface area contributed by atoms with E-state index in [1.54, 1.807) is 19.2 Å². The first-order valence-corrected chi connectivity index (χ1v) is 9.23. The number of benzene rings is 1. The molecule has 1 atom stereocenters. The van der Waals surface area contributed by atoms with Gasteiger partial charge in [0.05, 0.1) is 5.56 Å². The van der Waals surface area contributed by atoms with Crippen LogP contribution in [0, 0.1) is 25.2 Å². The molecule has 1 amide bonds. The van der Waals surface area contributed by atoms with Crippen LogP contribution in [0.2, 0.25) is 0 Å². The van der Waals surface area contributed by atoms with E-state index in [-0.39, 0.29) is 17.4 Å². The minimum absolute atomic E-state index is 0.0756. The van der Waals surface area contributed by atoms with Gasteiger partial charge in [-0.2, -0.15) is 18.4 Å². The van der Waals surface area contributed by atoms with Gasteiger partial charge in [0, 0.05) is 25.0 Å². The molecule has 0 aliphatic carbocycles. The average Bonchev–Trinajstić information content (AvgIpc) is 3.15. The summed E-state index contributed by atoms with van der Waals surface area (Å²) in [7, 11) is 1.64. The summed E-state index contributed by atoms with van der Waals surface area (Å²) < 4.78 is 40.4. The molecule has 152 valence electrons. The van der Waals surface area contributed by atoms with Crippen LogP contribution in [0.5, 0.6) is 0 Å². The normalized spacial score (nSPS) is 16.6. The Hall–Kier alpha value is -3.08. The van der Waals surface area contributed by atoms with E-state index in [1.807, 2.05) is 25.1 Å². The van der Waals surface area contributed by atoms with Gasteiger partial charge in [-0.25, -0.2) is 4.98 Å². The van der Waals surface area contributed by atoms with E-state index in [0.29, 0.717) is 25.1 Å². The molecule has 1 fully saturated rings. The van der Waals surface area contributed by atoms with Crippen LogP contribution < -0.4 is 9.80 Å². The van der Waals surface area contributed by atoms with Crippen molar-refractivity contribution < 1.29 is 18.0 Å². The van der Waals surface area contributed by atoms with Crippen LogP contribution >= 0.6 is 0 Å². The molecule has 0 spiro atoms. The molecule has 1 aromatic heterocycles. The molecule has 29 heavy (non-hydrogen) atoms. The number of halogens is 3. The third-order valence-electron chi connectivity index (χ3n) is 5.08. The second-order valence-electron chi connectivity index (χ2n) is 7.21. The quantitative estimate of drug-likeness (QED) is 0.771. The summed E-state index contributed by atoms with van der Waals surface area (Å²) in [6, 6.07) is 9.27. The number of amides is 1. The second kappa shape index (κ2) is 7.74. The molecule has 1 aromatic carbocycles. The lowest BCUT2D eigenvalue weighted by molar-refractivity contribution is -0.137. The number of hydrogen-bond acceptors (Lipinski definition) is 4. The molecule has 0 radical (unpaired) electrons. The molecular formula is C21H21F3N4O. The van der Waals surface area contributed by atoms with Crippen molar-refractivity contribution in [1.82, 2.24) is 4.98 Å². The molecule has 0 saturated carbocycles. The molecule has 3 rings (SSSR count). The summed E-state index contributed by atoms with van der Waals surface area (Å²) >= 11 is 0. The predicted octanol–water partition coefficient (Wildman–Crippen LogP) is 4.22. The average molecular weight is 402 g/mol. The van der Waals surface area contributed by atoms with Crippen molar-refractivity contribution >= 4 is 17.4 Å². The number of anilines is 2. The van der Waals surface area contributed by atoms with Crippen molar-refractivity contribution in [1.29, 1.82) is 5.26 Å². The minimum atomic E-state index is -4.68. The largest absolute Gasteiger partial charge is 0.417 e. The summed E-state index contributed by atoms with van der Waals surface area (Å²) in [5, 5.41) is 9.44. The van der Waals surface area contributed by atoms with Gasteiger partial charge in [-0.05, 0) is 50.5 Å². The third kappa shape index (κ3) is 4.04. The number of carbonyl (C=O) groups is 1. The highest BCUT2D eigenvalue weighted by atomic mass is 19.4. The van der Waals surface area contributed by atoms with E-state index >= 15 is 0 Å². The van der Waals surface area contributed by atoms with Crippen molar-refractivity contribution in [3.63, 3.8) is 0 Å². The predicted molar refractivity (Wildman–Crippen MR) is 104 cm³/mol.